The Bertz CT molecular complexity index is 2990. The molecular formula is C53H42N2O8. The number of rotatable bonds is 11. The van der Waals surface area contributed by atoms with E-state index in [0.717, 1.165) is 43.6 Å². The summed E-state index contributed by atoms with van der Waals surface area (Å²) in [5, 5.41) is 0. The first-order valence-electron chi connectivity index (χ1n) is 20.4. The van der Waals surface area contributed by atoms with Gasteiger partial charge in [0.15, 0.2) is 0 Å². The predicted molar refractivity (Wildman–Crippen MR) is 239 cm³/mol. The second kappa shape index (κ2) is 15.8. The zero-order valence-electron chi connectivity index (χ0n) is 35.5. The third-order valence-electron chi connectivity index (χ3n) is 11.6. The Labute approximate surface area is 364 Å². The van der Waals surface area contributed by atoms with Gasteiger partial charge in [0.05, 0.1) is 27.9 Å². The molecule has 9 rings (SSSR count). The fourth-order valence-electron chi connectivity index (χ4n) is 7.77. The van der Waals surface area contributed by atoms with E-state index in [1.165, 1.54) is 12.6 Å². The van der Waals surface area contributed by atoms with Crippen LogP contribution >= 0.6 is 0 Å². The Balaban J connectivity index is 0.831. The molecule has 10 heteroatoms. The fourth-order valence-corrected chi connectivity index (χ4v) is 7.77. The van der Waals surface area contributed by atoms with Gasteiger partial charge in [-0.05, 0) is 152 Å². The molecular weight excluding hydrogens is 793 g/mol. The Hall–Kier alpha value is -7.98. The van der Waals surface area contributed by atoms with E-state index in [1.807, 2.05) is 43.3 Å². The molecule has 0 aromatic heterocycles. The van der Waals surface area contributed by atoms with Crippen LogP contribution in [0.4, 0.5) is 5.69 Å². The van der Waals surface area contributed by atoms with Gasteiger partial charge in [0.2, 0.25) is 0 Å². The van der Waals surface area contributed by atoms with E-state index in [-0.39, 0.29) is 28.4 Å². The van der Waals surface area contributed by atoms with E-state index in [0.29, 0.717) is 51.3 Å². The van der Waals surface area contributed by atoms with Crippen LogP contribution in [0.1, 0.15) is 83.1 Å². The van der Waals surface area contributed by atoms with Crippen molar-refractivity contribution in [1.82, 2.24) is 4.90 Å². The van der Waals surface area contributed by atoms with Gasteiger partial charge in [0.1, 0.15) is 46.0 Å². The van der Waals surface area contributed by atoms with Crippen molar-refractivity contribution in [2.24, 2.45) is 0 Å². The first kappa shape index (κ1) is 40.4. The average molecular weight is 835 g/mol. The quantitative estimate of drug-likeness (QED) is 0.118. The molecule has 312 valence electrons. The zero-order chi connectivity index (χ0) is 44.2. The molecule has 0 atom stereocenters. The van der Waals surface area contributed by atoms with Gasteiger partial charge in [-0.15, -0.1) is 0 Å². The maximum Gasteiger partial charge on any atom is 0.266 e. The number of benzene rings is 7. The molecule has 10 nitrogen and oxygen atoms in total. The van der Waals surface area contributed by atoms with E-state index in [4.69, 9.17) is 18.9 Å². The lowest BCUT2D eigenvalue weighted by Crippen LogP contribution is -2.29. The molecule has 0 spiro atoms. The summed E-state index contributed by atoms with van der Waals surface area (Å²) in [7, 11) is 1.44. The summed E-state index contributed by atoms with van der Waals surface area (Å²) < 4.78 is 24.4. The first-order valence-corrected chi connectivity index (χ1v) is 20.4. The number of ether oxygens (including phenoxy) is 4. The summed E-state index contributed by atoms with van der Waals surface area (Å²) in [6.45, 7) is 10.5. The van der Waals surface area contributed by atoms with Gasteiger partial charge in [-0.3, -0.25) is 24.1 Å². The first-order chi connectivity index (χ1) is 30.2. The van der Waals surface area contributed by atoms with E-state index >= 15 is 0 Å². The van der Waals surface area contributed by atoms with Crippen molar-refractivity contribution in [3.8, 4) is 46.0 Å². The lowest BCUT2D eigenvalue weighted by Gasteiger charge is -2.28. The lowest BCUT2D eigenvalue weighted by molar-refractivity contribution is 0.0692. The molecule has 0 N–H and O–H groups in total. The highest BCUT2D eigenvalue weighted by atomic mass is 16.5. The number of aryl methyl sites for hydroxylation is 3. The van der Waals surface area contributed by atoms with Crippen molar-refractivity contribution in [3.63, 3.8) is 0 Å². The maximum atomic E-state index is 13.7. The molecule has 7 aromatic rings. The van der Waals surface area contributed by atoms with Crippen molar-refractivity contribution in [2.45, 2.75) is 40.0 Å². The summed E-state index contributed by atoms with van der Waals surface area (Å²) in [5.74, 6) is 3.01. The fraction of sp³-hybridized carbons (Fsp3) is 0.132. The predicted octanol–water partition coefficient (Wildman–Crippen LogP) is 12.1. The van der Waals surface area contributed by atoms with Crippen molar-refractivity contribution in [3.05, 3.63) is 196 Å². The van der Waals surface area contributed by atoms with Gasteiger partial charge in [0.25, 0.3) is 23.6 Å². The minimum absolute atomic E-state index is 0.230. The molecule has 0 radical (unpaired) electrons. The average Bonchev–Trinajstić information content (AvgIpc) is 3.65. The maximum absolute atomic E-state index is 13.7. The number of amides is 4. The van der Waals surface area contributed by atoms with Crippen molar-refractivity contribution in [1.29, 1.82) is 0 Å². The second-order valence-electron chi connectivity index (χ2n) is 16.3. The highest BCUT2D eigenvalue weighted by Crippen LogP contribution is 2.39. The largest absolute Gasteiger partial charge is 0.457 e. The molecule has 4 amide bonds. The van der Waals surface area contributed by atoms with E-state index in [1.54, 1.807) is 84.9 Å². The van der Waals surface area contributed by atoms with Gasteiger partial charge in [-0.1, -0.05) is 55.8 Å². The lowest BCUT2D eigenvalue weighted by atomic mass is 9.77. The van der Waals surface area contributed by atoms with Gasteiger partial charge < -0.3 is 18.9 Å². The summed E-state index contributed by atoms with van der Waals surface area (Å²) in [5.41, 5.74) is 6.76. The van der Waals surface area contributed by atoms with Gasteiger partial charge in [0, 0.05) is 12.5 Å². The Morgan fingerprint density at radius 2 is 0.778 bits per heavy atom. The van der Waals surface area contributed by atoms with Crippen molar-refractivity contribution >= 4 is 29.3 Å². The van der Waals surface area contributed by atoms with Crippen molar-refractivity contribution < 1.29 is 38.1 Å². The molecule has 2 aliphatic heterocycles. The van der Waals surface area contributed by atoms with Crippen LogP contribution in [0.2, 0.25) is 0 Å². The molecule has 2 heterocycles. The van der Waals surface area contributed by atoms with Crippen LogP contribution < -0.4 is 23.8 Å². The number of carbonyl (C=O) groups excluding carboxylic acids is 4. The summed E-state index contributed by atoms with van der Waals surface area (Å²) in [4.78, 5) is 54.0. The summed E-state index contributed by atoms with van der Waals surface area (Å²) in [6, 6.07) is 43.7. The SMILES string of the molecule is Cc1ccc(Oc2ccc(C(C)(C)c3ccc(Oc4ccc(N5C(=O)c6ccc(Oc7ccc(Oc8ccc9c(c8)C(=O)N(C)C9=O)cc7)cc6C5=O)cc4)c(C)c3)cc2C)cc1. The van der Waals surface area contributed by atoms with E-state index in [9.17, 15) is 19.2 Å². The molecule has 0 unspecified atom stereocenters. The molecule has 0 saturated heterocycles. The number of fused-ring (bicyclic) bond motifs is 2. The monoisotopic (exact) mass is 834 g/mol. The van der Waals surface area contributed by atoms with Crippen LogP contribution in [-0.2, 0) is 5.41 Å². The number of nitrogens with zero attached hydrogens (tertiary/aromatic N) is 2. The molecule has 7 aromatic carbocycles. The van der Waals surface area contributed by atoms with Gasteiger partial charge >= 0.3 is 0 Å². The van der Waals surface area contributed by atoms with Gasteiger partial charge in [-0.25, -0.2) is 4.90 Å². The van der Waals surface area contributed by atoms with Crippen LogP contribution in [0.3, 0.4) is 0 Å². The second-order valence-corrected chi connectivity index (χ2v) is 16.3. The van der Waals surface area contributed by atoms with Crippen LogP contribution in [0.25, 0.3) is 0 Å². The Morgan fingerprint density at radius 3 is 1.27 bits per heavy atom. The van der Waals surface area contributed by atoms with Crippen LogP contribution in [0, 0.1) is 20.8 Å². The number of anilines is 1. The van der Waals surface area contributed by atoms with Crippen LogP contribution in [0.15, 0.2) is 146 Å². The van der Waals surface area contributed by atoms with Gasteiger partial charge in [-0.2, -0.15) is 0 Å². The molecule has 0 bridgehead atoms. The normalized spacial score (nSPS) is 13.3. The van der Waals surface area contributed by atoms with Crippen molar-refractivity contribution in [2.75, 3.05) is 11.9 Å². The number of hydrogen-bond donors (Lipinski definition) is 0. The number of hydrogen-bond acceptors (Lipinski definition) is 8. The van der Waals surface area contributed by atoms with E-state index < -0.39 is 11.8 Å². The highest BCUT2D eigenvalue weighted by Gasteiger charge is 2.37. The Morgan fingerprint density at radius 1 is 0.397 bits per heavy atom. The number of imide groups is 2. The van der Waals surface area contributed by atoms with E-state index in [2.05, 4.69) is 52.0 Å². The summed E-state index contributed by atoms with van der Waals surface area (Å²) in [6.07, 6.45) is 0. The zero-order valence-corrected chi connectivity index (χ0v) is 35.5. The van der Waals surface area contributed by atoms with Crippen LogP contribution in [0.5, 0.6) is 46.0 Å². The molecule has 63 heavy (non-hydrogen) atoms. The standard InChI is InChI=1S/C53H42N2O8/c1-31-7-13-39(14-8-31)62-47-25-9-34(27-32(47)2)53(4,5)35-10-26-48(33(3)28-35)63-40-15-11-36(12-16-40)55-51(58)44-24-22-42(30-46(44)52(55)59)61-38-19-17-37(18-20-38)60-41-21-23-43-45(29-41)50(57)54(6)49(43)56/h7-30H,1-6H3. The topological polar surface area (TPSA) is 112 Å². The molecule has 2 aliphatic rings. The summed E-state index contributed by atoms with van der Waals surface area (Å²) >= 11 is 0. The third-order valence-corrected chi connectivity index (χ3v) is 11.6. The number of carbonyl (C=O) groups is 4. The third kappa shape index (κ3) is 7.67. The minimum atomic E-state index is -0.462. The highest BCUT2D eigenvalue weighted by molar-refractivity contribution is 6.34. The minimum Gasteiger partial charge on any atom is -0.457 e. The molecule has 0 fully saturated rings. The Kier molecular flexibility index (Phi) is 10.1. The molecule has 0 aliphatic carbocycles. The van der Waals surface area contributed by atoms with Crippen LogP contribution in [-0.4, -0.2) is 35.6 Å². The smallest absolute Gasteiger partial charge is 0.266 e. The molecule has 0 saturated carbocycles.